The summed E-state index contributed by atoms with van der Waals surface area (Å²) >= 11 is 0. The van der Waals surface area contributed by atoms with E-state index in [0.717, 1.165) is 63.3 Å². The molecule has 382 valence electrons. The number of carbonyl (C=O) groups is 6. The highest BCUT2D eigenvalue weighted by molar-refractivity contribution is 5.91. The van der Waals surface area contributed by atoms with Crippen LogP contribution in [0.2, 0.25) is 0 Å². The van der Waals surface area contributed by atoms with E-state index in [9.17, 15) is 33.9 Å². The molecular formula is C53H80N6O10. The van der Waals surface area contributed by atoms with Crippen LogP contribution in [-0.4, -0.2) is 145 Å². The number of piperidine rings is 1. The number of ether oxygens (including phenoxy) is 3. The van der Waals surface area contributed by atoms with Crippen molar-refractivity contribution in [3.63, 3.8) is 0 Å². The summed E-state index contributed by atoms with van der Waals surface area (Å²) in [6.45, 7) is 11.5. The topological polar surface area (TPSA) is 210 Å². The van der Waals surface area contributed by atoms with Gasteiger partial charge in [-0.1, -0.05) is 84.2 Å². The lowest BCUT2D eigenvalue weighted by atomic mass is 9.89. The second-order valence-corrected chi connectivity index (χ2v) is 20.0. The van der Waals surface area contributed by atoms with Gasteiger partial charge in [0.15, 0.2) is 6.29 Å². The molecule has 16 nitrogen and oxygen atoms in total. The minimum absolute atomic E-state index is 0.0218. The predicted molar refractivity (Wildman–Crippen MR) is 264 cm³/mol. The predicted octanol–water partition coefficient (Wildman–Crippen LogP) is 5.75. The van der Waals surface area contributed by atoms with Crippen LogP contribution in [0.4, 0.5) is 5.69 Å². The zero-order chi connectivity index (χ0) is 50.4. The van der Waals surface area contributed by atoms with Crippen molar-refractivity contribution in [1.82, 2.24) is 25.3 Å². The molecule has 5 rings (SSSR count). The van der Waals surface area contributed by atoms with E-state index in [4.69, 9.17) is 19.9 Å². The average Bonchev–Trinajstić information content (AvgIpc) is 4.10. The number of nitrogens with one attached hydrogen (secondary N) is 2. The van der Waals surface area contributed by atoms with Crippen LogP contribution in [0.25, 0.3) is 0 Å². The number of nitrogen functional groups attached to an aromatic ring is 1. The van der Waals surface area contributed by atoms with E-state index in [1.807, 2.05) is 58.0 Å². The van der Waals surface area contributed by atoms with Crippen LogP contribution in [0.5, 0.6) is 5.75 Å². The van der Waals surface area contributed by atoms with Crippen molar-refractivity contribution < 1.29 is 48.1 Å². The molecule has 2 saturated heterocycles. The fraction of sp³-hybridized carbons (Fsp3) is 0.660. The Morgan fingerprint density at radius 3 is 2.30 bits per heavy atom. The number of likely N-dealkylation sites (tertiary alicyclic amines) is 2. The van der Waals surface area contributed by atoms with Crippen LogP contribution in [-0.2, 0) is 39.9 Å². The van der Waals surface area contributed by atoms with Crippen LogP contribution in [0.1, 0.15) is 121 Å². The number of carbonyl (C=O) groups excluding carboxylic acids is 5. The SMILES string of the molecule is CC[C@H](C)[C@@H]([C@@H](CC(=O)N1CCCC1[C@H](OC)[C@@H](C)C(=O)NC(Cc1ccccc1)C(=O)O)OC)N(C)C(=O)C(NC(=O)[C@@H]1[C@H]2CC[C@H](C2)N1CCCCCCOc1ccc(C=O)c(N)c1)C(C)C. The molecule has 3 unspecified atom stereocenters. The highest BCUT2D eigenvalue weighted by atomic mass is 16.5. The van der Waals surface area contributed by atoms with Crippen molar-refractivity contribution in [3.8, 4) is 5.75 Å². The van der Waals surface area contributed by atoms with E-state index in [2.05, 4.69) is 15.5 Å². The van der Waals surface area contributed by atoms with Gasteiger partial charge < -0.3 is 45.5 Å². The quantitative estimate of drug-likeness (QED) is 0.0457. The molecule has 4 amide bonds. The lowest BCUT2D eigenvalue weighted by Crippen LogP contribution is -2.60. The zero-order valence-electron chi connectivity index (χ0n) is 42.3. The molecule has 2 heterocycles. The van der Waals surface area contributed by atoms with Crippen LogP contribution >= 0.6 is 0 Å². The molecule has 2 bridgehead atoms. The molecule has 3 aliphatic rings. The minimum Gasteiger partial charge on any atom is -0.494 e. The van der Waals surface area contributed by atoms with Gasteiger partial charge in [0, 0.05) is 57.6 Å². The molecule has 0 spiro atoms. The number of carboxylic acids is 1. The molecule has 5 N–H and O–H groups in total. The Morgan fingerprint density at radius 2 is 1.67 bits per heavy atom. The maximum Gasteiger partial charge on any atom is 0.326 e. The lowest BCUT2D eigenvalue weighted by Gasteiger charge is -2.41. The van der Waals surface area contributed by atoms with E-state index in [0.29, 0.717) is 55.5 Å². The first-order valence-electron chi connectivity index (χ1n) is 25.3. The maximum atomic E-state index is 14.7. The molecule has 69 heavy (non-hydrogen) atoms. The van der Waals surface area contributed by atoms with Crippen molar-refractivity contribution in [2.75, 3.05) is 46.7 Å². The summed E-state index contributed by atoms with van der Waals surface area (Å²) in [5, 5.41) is 15.9. The Morgan fingerprint density at radius 1 is 0.942 bits per heavy atom. The summed E-state index contributed by atoms with van der Waals surface area (Å²) in [4.78, 5) is 86.1. The molecule has 0 radical (unpaired) electrons. The molecule has 1 aliphatic carbocycles. The van der Waals surface area contributed by atoms with E-state index in [1.165, 1.54) is 7.11 Å². The van der Waals surface area contributed by atoms with Gasteiger partial charge >= 0.3 is 5.97 Å². The number of fused-ring (bicyclic) bond motifs is 2. The molecule has 3 fully saturated rings. The molecule has 11 atom stereocenters. The first kappa shape index (κ1) is 54.9. The van der Waals surface area contributed by atoms with E-state index >= 15 is 0 Å². The Bertz CT molecular complexity index is 2020. The van der Waals surface area contributed by atoms with Crippen molar-refractivity contribution in [1.29, 1.82) is 0 Å². The monoisotopic (exact) mass is 961 g/mol. The number of aldehydes is 1. The van der Waals surface area contributed by atoms with Gasteiger partial charge in [-0.15, -0.1) is 0 Å². The number of nitrogens with zero attached hydrogens (tertiary/aromatic N) is 3. The molecule has 2 aromatic rings. The van der Waals surface area contributed by atoms with Crippen LogP contribution in [0.3, 0.4) is 0 Å². The Kier molecular flexibility index (Phi) is 20.9. The Hall–Kier alpha value is -5.06. The third kappa shape index (κ3) is 14.1. The highest BCUT2D eigenvalue weighted by Crippen LogP contribution is 2.43. The summed E-state index contributed by atoms with van der Waals surface area (Å²) in [5.74, 6) is -2.31. The first-order chi connectivity index (χ1) is 33.0. The number of amides is 4. The number of hydrogen-bond donors (Lipinski definition) is 4. The summed E-state index contributed by atoms with van der Waals surface area (Å²) in [6, 6.07) is 11.4. The van der Waals surface area contributed by atoms with Gasteiger partial charge in [0.25, 0.3) is 0 Å². The number of benzene rings is 2. The summed E-state index contributed by atoms with van der Waals surface area (Å²) in [7, 11) is 4.80. The summed E-state index contributed by atoms with van der Waals surface area (Å²) in [5.41, 5.74) is 7.54. The van der Waals surface area contributed by atoms with Crippen molar-refractivity contribution in [2.45, 2.75) is 160 Å². The normalized spacial score (nSPS) is 22.0. The number of unbranched alkanes of at least 4 members (excludes halogenated alkanes) is 3. The summed E-state index contributed by atoms with van der Waals surface area (Å²) < 4.78 is 17.9. The second-order valence-electron chi connectivity index (χ2n) is 20.0. The minimum atomic E-state index is -1.14. The highest BCUT2D eigenvalue weighted by Gasteiger charge is 2.50. The van der Waals surface area contributed by atoms with Crippen LogP contribution in [0.15, 0.2) is 48.5 Å². The smallest absolute Gasteiger partial charge is 0.326 e. The van der Waals surface area contributed by atoms with Crippen molar-refractivity contribution in [2.24, 2.45) is 23.7 Å². The van der Waals surface area contributed by atoms with Gasteiger partial charge in [-0.2, -0.15) is 0 Å². The zero-order valence-corrected chi connectivity index (χ0v) is 42.3. The standard InChI is InChI=1S/C53H80N6O10/c1-9-34(4)47(44(67-7)31-45(61)59-26-17-20-43(59)49(68-8)35(5)50(62)55-42(53(65)66)28-36-18-13-12-14-19-36)57(6)52(64)46(33(2)3)56-51(63)48-37-21-23-39(29-37)58(48)25-15-10-11-16-27-69-40-24-22-38(32-60)41(54)30-40/h12-14,18-19,22,24,30,32-35,37,39,42-44,46-49H,9-11,15-17,20-21,23,25-29,31,54H2,1-8H3,(H,55,62)(H,56,63)(H,65,66)/t34-,35+,37-,39+,42?,43?,44+,46?,47-,48-,49+/m0/s1. The maximum absolute atomic E-state index is 14.7. The van der Waals surface area contributed by atoms with E-state index in [1.54, 1.807) is 49.1 Å². The number of anilines is 1. The van der Waals surface area contributed by atoms with Crippen LogP contribution < -0.4 is 21.1 Å². The number of carboxylic acid groups (broad SMARTS) is 1. The van der Waals surface area contributed by atoms with Crippen molar-refractivity contribution >= 4 is 41.6 Å². The number of aliphatic carboxylic acids is 1. The third-order valence-electron chi connectivity index (χ3n) is 15.1. The number of likely N-dealkylation sites (N-methyl/N-ethyl adjacent to an activating group) is 1. The molecule has 16 heteroatoms. The number of methoxy groups -OCH3 is 2. The lowest BCUT2D eigenvalue weighted by molar-refractivity contribution is -0.148. The van der Waals surface area contributed by atoms with Crippen molar-refractivity contribution in [3.05, 3.63) is 59.7 Å². The number of rotatable bonds is 28. The Labute approximate surface area is 409 Å². The van der Waals surface area contributed by atoms with E-state index < -0.39 is 54.2 Å². The van der Waals surface area contributed by atoms with E-state index in [-0.39, 0.29) is 54.4 Å². The van der Waals surface area contributed by atoms with Crippen LogP contribution in [0, 0.1) is 23.7 Å². The summed E-state index contributed by atoms with van der Waals surface area (Å²) in [6.07, 6.45) is 8.26. The second kappa shape index (κ2) is 26.2. The number of hydrogen-bond acceptors (Lipinski definition) is 11. The van der Waals surface area contributed by atoms with Gasteiger partial charge in [-0.25, -0.2) is 4.79 Å². The molecule has 1 saturated carbocycles. The molecular weight excluding hydrogens is 881 g/mol. The Balaban J connectivity index is 1.19. The van der Waals surface area contributed by atoms with Gasteiger partial charge in [0.1, 0.15) is 17.8 Å². The first-order valence-corrected chi connectivity index (χ1v) is 25.3. The number of nitrogens with two attached hydrogens (primary N) is 1. The van der Waals surface area contributed by atoms with Gasteiger partial charge in [0.2, 0.25) is 23.6 Å². The molecule has 0 aromatic heterocycles. The van der Waals surface area contributed by atoms with Gasteiger partial charge in [0.05, 0.1) is 49.3 Å². The largest absolute Gasteiger partial charge is 0.494 e. The fourth-order valence-corrected chi connectivity index (χ4v) is 11.1. The molecule has 2 aromatic carbocycles. The third-order valence-corrected chi connectivity index (χ3v) is 15.1. The van der Waals surface area contributed by atoms with Gasteiger partial charge in [-0.05, 0) is 86.9 Å². The van der Waals surface area contributed by atoms with Gasteiger partial charge in [-0.3, -0.25) is 28.9 Å². The fourth-order valence-electron chi connectivity index (χ4n) is 11.1. The average molecular weight is 961 g/mol. The molecule has 2 aliphatic heterocycles.